The predicted molar refractivity (Wildman–Crippen MR) is 140 cm³/mol. The van der Waals surface area contributed by atoms with E-state index in [2.05, 4.69) is 43.0 Å². The third-order valence-electron chi connectivity index (χ3n) is 4.86. The van der Waals surface area contributed by atoms with Crippen molar-refractivity contribution in [2.75, 3.05) is 13.6 Å². The molecule has 4 aromatic rings. The first-order valence-electron chi connectivity index (χ1n) is 10.3. The molecule has 2 heterocycles. The number of benzene rings is 2. The highest BCUT2D eigenvalue weighted by Gasteiger charge is 2.10. The molecule has 33 heavy (non-hydrogen) atoms. The maximum absolute atomic E-state index is 6.03. The van der Waals surface area contributed by atoms with E-state index in [0.717, 1.165) is 12.1 Å². The monoisotopic (exact) mass is 577 g/mol. The molecule has 4 rings (SSSR count). The largest absolute Gasteiger partial charge is 0.356 e. The Kier molecular flexibility index (Phi) is 9.25. The zero-order valence-corrected chi connectivity index (χ0v) is 21.2. The second-order valence-electron chi connectivity index (χ2n) is 7.10. The molecule has 0 spiro atoms. The zero-order valence-electron chi connectivity index (χ0n) is 18.1. The first-order chi connectivity index (χ1) is 15.7. The van der Waals surface area contributed by atoms with Gasteiger partial charge in [0.05, 0.1) is 6.54 Å². The van der Waals surface area contributed by atoms with E-state index in [-0.39, 0.29) is 24.0 Å². The lowest BCUT2D eigenvalue weighted by Gasteiger charge is -2.14. The van der Waals surface area contributed by atoms with E-state index in [9.17, 15) is 0 Å². The average Bonchev–Trinajstić information content (AvgIpc) is 3.49. The van der Waals surface area contributed by atoms with Crippen molar-refractivity contribution in [3.8, 4) is 11.4 Å². The number of nitrogens with one attached hydrogen (secondary N) is 2. The lowest BCUT2D eigenvalue weighted by molar-refractivity contribution is 0.378. The third-order valence-corrected chi connectivity index (χ3v) is 5.10. The van der Waals surface area contributed by atoms with Gasteiger partial charge in [-0.25, -0.2) is 0 Å². The molecule has 2 aromatic heterocycles. The Morgan fingerprint density at radius 2 is 1.94 bits per heavy atom. The summed E-state index contributed by atoms with van der Waals surface area (Å²) in [5, 5.41) is 15.6. The number of aromatic nitrogens is 4. The van der Waals surface area contributed by atoms with Gasteiger partial charge in [-0.15, -0.1) is 24.0 Å². The van der Waals surface area contributed by atoms with Crippen LogP contribution in [0.1, 0.15) is 17.0 Å². The van der Waals surface area contributed by atoms with Crippen molar-refractivity contribution in [3.05, 3.63) is 89.0 Å². The normalized spacial score (nSPS) is 11.2. The number of halogens is 2. The van der Waals surface area contributed by atoms with Crippen LogP contribution in [0.2, 0.25) is 5.02 Å². The molecule has 8 nitrogen and oxygen atoms in total. The van der Waals surface area contributed by atoms with Gasteiger partial charge in [0.2, 0.25) is 11.7 Å². The lowest BCUT2D eigenvalue weighted by atomic mass is 10.1. The summed E-state index contributed by atoms with van der Waals surface area (Å²) in [4.78, 5) is 8.74. The number of hydrogen-bond acceptors (Lipinski definition) is 5. The van der Waals surface area contributed by atoms with Crippen LogP contribution in [-0.4, -0.2) is 39.5 Å². The van der Waals surface area contributed by atoms with Crippen LogP contribution < -0.4 is 10.6 Å². The molecular weight excluding hydrogens is 553 g/mol. The van der Waals surface area contributed by atoms with Crippen LogP contribution in [0, 0.1) is 0 Å². The van der Waals surface area contributed by atoms with Gasteiger partial charge < -0.3 is 15.2 Å². The quantitative estimate of drug-likeness (QED) is 0.186. The van der Waals surface area contributed by atoms with Gasteiger partial charge >= 0.3 is 0 Å². The molecule has 0 aliphatic heterocycles. The van der Waals surface area contributed by atoms with E-state index in [0.29, 0.717) is 42.2 Å². The van der Waals surface area contributed by atoms with Crippen molar-refractivity contribution in [2.24, 2.45) is 4.99 Å². The van der Waals surface area contributed by atoms with E-state index < -0.39 is 0 Å². The molecule has 2 aromatic carbocycles. The van der Waals surface area contributed by atoms with Crippen LogP contribution in [0.3, 0.4) is 0 Å². The molecule has 2 N–H and O–H groups in total. The maximum atomic E-state index is 6.03. The lowest BCUT2D eigenvalue weighted by Crippen LogP contribution is -2.38. The SMILES string of the molecule is CN=C(NCCc1nc(-c2cccc(Cl)c2)no1)NCc1ccccc1Cn1cccn1.I. The fourth-order valence-electron chi connectivity index (χ4n) is 3.24. The second kappa shape index (κ2) is 12.4. The molecule has 10 heteroatoms. The van der Waals surface area contributed by atoms with Crippen molar-refractivity contribution >= 4 is 41.5 Å². The Morgan fingerprint density at radius 3 is 2.70 bits per heavy atom. The van der Waals surface area contributed by atoms with Crippen LogP contribution in [-0.2, 0) is 19.5 Å². The Labute approximate surface area is 214 Å². The van der Waals surface area contributed by atoms with E-state index in [1.165, 1.54) is 11.1 Å². The summed E-state index contributed by atoms with van der Waals surface area (Å²) in [6.45, 7) is 1.98. The van der Waals surface area contributed by atoms with Gasteiger partial charge in [-0.3, -0.25) is 9.67 Å². The molecule has 0 amide bonds. The molecule has 0 aliphatic rings. The van der Waals surface area contributed by atoms with Crippen LogP contribution >= 0.6 is 35.6 Å². The van der Waals surface area contributed by atoms with Crippen molar-refractivity contribution in [1.82, 2.24) is 30.6 Å². The zero-order chi connectivity index (χ0) is 22.2. The maximum Gasteiger partial charge on any atom is 0.228 e. The highest BCUT2D eigenvalue weighted by molar-refractivity contribution is 14.0. The van der Waals surface area contributed by atoms with Crippen molar-refractivity contribution in [3.63, 3.8) is 0 Å². The fourth-order valence-corrected chi connectivity index (χ4v) is 3.43. The number of rotatable bonds is 8. The summed E-state index contributed by atoms with van der Waals surface area (Å²) < 4.78 is 7.27. The number of aliphatic imine (C=N–C) groups is 1. The summed E-state index contributed by atoms with van der Waals surface area (Å²) in [5.74, 6) is 1.78. The van der Waals surface area contributed by atoms with Gasteiger partial charge in [0.1, 0.15) is 0 Å². The summed E-state index contributed by atoms with van der Waals surface area (Å²) in [6, 6.07) is 17.6. The highest BCUT2D eigenvalue weighted by atomic mass is 127. The second-order valence-corrected chi connectivity index (χ2v) is 7.53. The Bertz CT molecular complexity index is 1180. The Hall–Kier alpha value is -2.92. The van der Waals surface area contributed by atoms with Gasteiger partial charge in [0, 0.05) is 49.5 Å². The first-order valence-corrected chi connectivity index (χ1v) is 10.7. The minimum Gasteiger partial charge on any atom is -0.356 e. The molecule has 0 bridgehead atoms. The van der Waals surface area contributed by atoms with E-state index in [1.807, 2.05) is 53.3 Å². The molecule has 0 saturated heterocycles. The van der Waals surface area contributed by atoms with Crippen LogP contribution in [0.15, 0.2) is 76.5 Å². The number of nitrogens with zero attached hydrogens (tertiary/aromatic N) is 5. The molecular formula is C23H25ClIN7O. The van der Waals surface area contributed by atoms with Crippen LogP contribution in [0.5, 0.6) is 0 Å². The summed E-state index contributed by atoms with van der Waals surface area (Å²) in [7, 11) is 1.74. The van der Waals surface area contributed by atoms with Gasteiger partial charge in [0.25, 0.3) is 0 Å². The van der Waals surface area contributed by atoms with Crippen molar-refractivity contribution in [1.29, 1.82) is 0 Å². The average molecular weight is 578 g/mol. The molecule has 0 atom stereocenters. The van der Waals surface area contributed by atoms with Gasteiger partial charge in [0.15, 0.2) is 5.96 Å². The van der Waals surface area contributed by atoms with Gasteiger partial charge in [-0.05, 0) is 29.3 Å². The van der Waals surface area contributed by atoms with E-state index in [1.54, 1.807) is 13.2 Å². The Morgan fingerprint density at radius 1 is 1.09 bits per heavy atom. The van der Waals surface area contributed by atoms with E-state index >= 15 is 0 Å². The standard InChI is InChI=1S/C23H24ClN7O.HI/c1-25-23(27-15-18-6-2-3-7-19(18)16-31-13-5-11-28-31)26-12-10-21-29-22(30-32-21)17-8-4-9-20(24)14-17;/h2-9,11,13-14H,10,12,15-16H2,1H3,(H2,25,26,27);1H. The molecule has 0 unspecified atom stereocenters. The minimum absolute atomic E-state index is 0. The van der Waals surface area contributed by atoms with Crippen LogP contribution in [0.4, 0.5) is 0 Å². The van der Waals surface area contributed by atoms with Crippen LogP contribution in [0.25, 0.3) is 11.4 Å². The van der Waals surface area contributed by atoms with E-state index in [4.69, 9.17) is 16.1 Å². The van der Waals surface area contributed by atoms with Crippen molar-refractivity contribution in [2.45, 2.75) is 19.5 Å². The summed E-state index contributed by atoms with van der Waals surface area (Å²) in [6.07, 6.45) is 4.32. The minimum atomic E-state index is 0. The first kappa shape index (κ1) is 24.7. The van der Waals surface area contributed by atoms with Gasteiger partial charge in [-0.1, -0.05) is 53.2 Å². The summed E-state index contributed by atoms with van der Waals surface area (Å²) in [5.41, 5.74) is 3.22. The molecule has 172 valence electrons. The molecule has 0 aliphatic carbocycles. The number of hydrogen-bond donors (Lipinski definition) is 2. The van der Waals surface area contributed by atoms with Gasteiger partial charge in [-0.2, -0.15) is 10.1 Å². The number of guanidine groups is 1. The predicted octanol–water partition coefficient (Wildman–Crippen LogP) is 4.16. The smallest absolute Gasteiger partial charge is 0.228 e. The third kappa shape index (κ3) is 7.03. The highest BCUT2D eigenvalue weighted by Crippen LogP contribution is 2.19. The summed E-state index contributed by atoms with van der Waals surface area (Å²) >= 11 is 6.03. The molecule has 0 fully saturated rings. The molecule has 0 saturated carbocycles. The Balaban J connectivity index is 0.00000306. The topological polar surface area (TPSA) is 93.2 Å². The van der Waals surface area contributed by atoms with Crippen molar-refractivity contribution < 1.29 is 4.52 Å². The molecule has 0 radical (unpaired) electrons. The fraction of sp³-hybridized carbons (Fsp3) is 0.217.